The quantitative estimate of drug-likeness (QED) is 0.846. The standard InChI is InChI=1S/C17H28N2/c1-3-18-15(2)7-6-12-19-13-10-16-8-4-5-9-17(16)11-14-19/h4-5,8-9,15,18H,3,6-7,10-14H2,1-2H3. The summed E-state index contributed by atoms with van der Waals surface area (Å²) in [5, 5.41) is 3.49. The van der Waals surface area contributed by atoms with Gasteiger partial charge in [0.1, 0.15) is 0 Å². The molecule has 2 nitrogen and oxygen atoms in total. The van der Waals surface area contributed by atoms with Crippen LogP contribution in [0.2, 0.25) is 0 Å². The molecule has 0 saturated carbocycles. The Labute approximate surface area is 118 Å². The van der Waals surface area contributed by atoms with Crippen molar-refractivity contribution in [1.29, 1.82) is 0 Å². The zero-order valence-corrected chi connectivity index (χ0v) is 12.5. The van der Waals surface area contributed by atoms with E-state index < -0.39 is 0 Å². The van der Waals surface area contributed by atoms with Gasteiger partial charge in [-0.15, -0.1) is 0 Å². The molecule has 1 aromatic carbocycles. The van der Waals surface area contributed by atoms with Crippen molar-refractivity contribution < 1.29 is 0 Å². The normalized spacial score (nSPS) is 17.8. The lowest BCUT2D eigenvalue weighted by atomic mass is 10.0. The zero-order valence-electron chi connectivity index (χ0n) is 12.5. The second-order valence-electron chi connectivity index (χ2n) is 5.71. The van der Waals surface area contributed by atoms with Gasteiger partial charge in [-0.25, -0.2) is 0 Å². The van der Waals surface area contributed by atoms with Gasteiger partial charge in [0.25, 0.3) is 0 Å². The predicted molar refractivity (Wildman–Crippen MR) is 82.7 cm³/mol. The number of benzene rings is 1. The highest BCUT2D eigenvalue weighted by atomic mass is 15.1. The molecule has 0 bridgehead atoms. The van der Waals surface area contributed by atoms with E-state index in [2.05, 4.69) is 48.3 Å². The van der Waals surface area contributed by atoms with Gasteiger partial charge >= 0.3 is 0 Å². The van der Waals surface area contributed by atoms with Crippen LogP contribution in [0.4, 0.5) is 0 Å². The molecule has 0 radical (unpaired) electrons. The summed E-state index contributed by atoms with van der Waals surface area (Å²) in [6.45, 7) is 9.27. The van der Waals surface area contributed by atoms with Gasteiger partial charge in [0.2, 0.25) is 0 Å². The van der Waals surface area contributed by atoms with E-state index in [4.69, 9.17) is 0 Å². The molecule has 0 aromatic heterocycles. The molecule has 19 heavy (non-hydrogen) atoms. The smallest absolute Gasteiger partial charge is 0.00390 e. The van der Waals surface area contributed by atoms with Crippen molar-refractivity contribution in [3.05, 3.63) is 35.4 Å². The Morgan fingerprint density at radius 3 is 2.37 bits per heavy atom. The molecule has 1 N–H and O–H groups in total. The van der Waals surface area contributed by atoms with Gasteiger partial charge < -0.3 is 10.2 Å². The minimum atomic E-state index is 0.661. The minimum absolute atomic E-state index is 0.661. The highest BCUT2D eigenvalue weighted by Gasteiger charge is 2.13. The van der Waals surface area contributed by atoms with Crippen LogP contribution in [0, 0.1) is 0 Å². The van der Waals surface area contributed by atoms with Crippen molar-refractivity contribution in [3.8, 4) is 0 Å². The number of hydrogen-bond acceptors (Lipinski definition) is 2. The summed E-state index contributed by atoms with van der Waals surface area (Å²) in [5.74, 6) is 0. The van der Waals surface area contributed by atoms with Crippen LogP contribution in [0.1, 0.15) is 37.8 Å². The predicted octanol–water partition coefficient (Wildman–Crippen LogP) is 2.87. The van der Waals surface area contributed by atoms with Crippen molar-refractivity contribution in [1.82, 2.24) is 10.2 Å². The lowest BCUT2D eigenvalue weighted by Crippen LogP contribution is -2.30. The number of hydrogen-bond donors (Lipinski definition) is 1. The molecule has 0 aliphatic carbocycles. The molecule has 2 rings (SSSR count). The lowest BCUT2D eigenvalue weighted by Gasteiger charge is -2.21. The van der Waals surface area contributed by atoms with Crippen molar-refractivity contribution in [2.24, 2.45) is 0 Å². The van der Waals surface area contributed by atoms with Gasteiger partial charge in [0, 0.05) is 19.1 Å². The molecule has 0 saturated heterocycles. The topological polar surface area (TPSA) is 15.3 Å². The maximum absolute atomic E-state index is 3.49. The number of fused-ring (bicyclic) bond motifs is 1. The Hall–Kier alpha value is -0.860. The average molecular weight is 260 g/mol. The first-order valence-corrected chi connectivity index (χ1v) is 7.82. The molecule has 0 spiro atoms. The molecule has 1 aliphatic rings. The number of nitrogens with zero attached hydrogens (tertiary/aromatic N) is 1. The summed E-state index contributed by atoms with van der Waals surface area (Å²) in [7, 11) is 0. The zero-order chi connectivity index (χ0) is 13.5. The summed E-state index contributed by atoms with van der Waals surface area (Å²) in [4.78, 5) is 2.64. The Bertz CT molecular complexity index is 348. The van der Waals surface area contributed by atoms with E-state index in [1.807, 2.05) is 0 Å². The maximum atomic E-state index is 3.49. The number of rotatable bonds is 6. The van der Waals surface area contributed by atoms with Gasteiger partial charge in [-0.05, 0) is 56.8 Å². The van der Waals surface area contributed by atoms with E-state index in [-0.39, 0.29) is 0 Å². The third-order valence-electron chi connectivity index (χ3n) is 4.18. The fraction of sp³-hybridized carbons (Fsp3) is 0.647. The first-order valence-electron chi connectivity index (χ1n) is 7.82. The van der Waals surface area contributed by atoms with E-state index in [9.17, 15) is 0 Å². The minimum Gasteiger partial charge on any atom is -0.315 e. The molecule has 1 unspecified atom stereocenters. The third-order valence-corrected chi connectivity index (χ3v) is 4.18. The Morgan fingerprint density at radius 2 is 1.79 bits per heavy atom. The van der Waals surface area contributed by atoms with Crippen molar-refractivity contribution in [2.75, 3.05) is 26.2 Å². The summed E-state index contributed by atoms with van der Waals surface area (Å²) >= 11 is 0. The molecule has 1 atom stereocenters. The van der Waals surface area contributed by atoms with E-state index >= 15 is 0 Å². The summed E-state index contributed by atoms with van der Waals surface area (Å²) in [6.07, 6.45) is 5.04. The second-order valence-corrected chi connectivity index (χ2v) is 5.71. The van der Waals surface area contributed by atoms with Crippen molar-refractivity contribution in [2.45, 2.75) is 45.6 Å². The fourth-order valence-electron chi connectivity index (χ4n) is 3.01. The van der Waals surface area contributed by atoms with Gasteiger partial charge in [0.05, 0.1) is 0 Å². The van der Waals surface area contributed by atoms with Crippen LogP contribution < -0.4 is 5.32 Å². The second kappa shape index (κ2) is 7.66. The molecular formula is C17H28N2. The van der Waals surface area contributed by atoms with Crippen LogP contribution in [0.5, 0.6) is 0 Å². The van der Waals surface area contributed by atoms with Crippen LogP contribution >= 0.6 is 0 Å². The van der Waals surface area contributed by atoms with Crippen LogP contribution in [0.15, 0.2) is 24.3 Å². The monoisotopic (exact) mass is 260 g/mol. The van der Waals surface area contributed by atoms with Crippen LogP contribution in [-0.2, 0) is 12.8 Å². The summed E-state index contributed by atoms with van der Waals surface area (Å²) in [6, 6.07) is 9.60. The molecule has 0 amide bonds. The first-order chi connectivity index (χ1) is 9.29. The fourth-order valence-corrected chi connectivity index (χ4v) is 3.01. The first kappa shape index (κ1) is 14.5. The van der Waals surface area contributed by atoms with Crippen molar-refractivity contribution in [3.63, 3.8) is 0 Å². The van der Waals surface area contributed by atoms with E-state index in [1.54, 1.807) is 11.1 Å². The average Bonchev–Trinajstić information content (AvgIpc) is 2.62. The molecule has 2 heteroatoms. The molecule has 0 fully saturated rings. The summed E-state index contributed by atoms with van der Waals surface area (Å²) < 4.78 is 0. The lowest BCUT2D eigenvalue weighted by molar-refractivity contribution is 0.276. The Morgan fingerprint density at radius 1 is 1.16 bits per heavy atom. The van der Waals surface area contributed by atoms with Crippen LogP contribution in [-0.4, -0.2) is 37.1 Å². The molecular weight excluding hydrogens is 232 g/mol. The van der Waals surface area contributed by atoms with Crippen LogP contribution in [0.3, 0.4) is 0 Å². The Balaban J connectivity index is 1.73. The third kappa shape index (κ3) is 4.63. The van der Waals surface area contributed by atoms with Gasteiger partial charge in [-0.1, -0.05) is 31.2 Å². The van der Waals surface area contributed by atoms with Gasteiger partial charge in [-0.2, -0.15) is 0 Å². The van der Waals surface area contributed by atoms with Crippen LogP contribution in [0.25, 0.3) is 0 Å². The van der Waals surface area contributed by atoms with Crippen molar-refractivity contribution >= 4 is 0 Å². The molecule has 106 valence electrons. The highest BCUT2D eigenvalue weighted by Crippen LogP contribution is 2.15. The van der Waals surface area contributed by atoms with Gasteiger partial charge in [-0.3, -0.25) is 0 Å². The van der Waals surface area contributed by atoms with Gasteiger partial charge in [0.15, 0.2) is 0 Å². The van der Waals surface area contributed by atoms with E-state index in [1.165, 1.54) is 45.3 Å². The number of nitrogens with one attached hydrogen (secondary N) is 1. The molecule has 1 aliphatic heterocycles. The maximum Gasteiger partial charge on any atom is 0.00390 e. The highest BCUT2D eigenvalue weighted by molar-refractivity contribution is 5.28. The summed E-state index contributed by atoms with van der Waals surface area (Å²) in [5.41, 5.74) is 3.12. The molecule has 1 aromatic rings. The Kier molecular flexibility index (Phi) is 5.87. The SMILES string of the molecule is CCNC(C)CCCN1CCc2ccccc2CC1. The van der Waals surface area contributed by atoms with E-state index in [0.717, 1.165) is 6.54 Å². The largest absolute Gasteiger partial charge is 0.315 e. The molecule has 1 heterocycles. The van der Waals surface area contributed by atoms with E-state index in [0.29, 0.717) is 6.04 Å².